The lowest BCUT2D eigenvalue weighted by Gasteiger charge is -2.07. The molecule has 0 amide bonds. The number of nitrogens with one attached hydrogen (secondary N) is 1. The zero-order valence-corrected chi connectivity index (χ0v) is 11.3. The van der Waals surface area contributed by atoms with Crippen LogP contribution in [0.2, 0.25) is 0 Å². The smallest absolute Gasteiger partial charge is 0.136 e. The van der Waals surface area contributed by atoms with E-state index in [2.05, 4.69) is 30.8 Å². The lowest BCUT2D eigenvalue weighted by molar-refractivity contribution is 0.298. The van der Waals surface area contributed by atoms with Gasteiger partial charge in [0.2, 0.25) is 0 Å². The van der Waals surface area contributed by atoms with Crippen molar-refractivity contribution in [2.24, 2.45) is 0 Å². The molecule has 0 spiro atoms. The summed E-state index contributed by atoms with van der Waals surface area (Å²) >= 11 is 4.54. The Balaban J connectivity index is 2.09. The fraction of sp³-hybridized carbons (Fsp3) is 0.200. The monoisotopic (exact) mass is 317 g/mol. The van der Waals surface area contributed by atoms with Crippen LogP contribution in [0.25, 0.3) is 0 Å². The fourth-order valence-corrected chi connectivity index (χ4v) is 2.11. The van der Waals surface area contributed by atoms with Gasteiger partial charge in [-0.1, -0.05) is 4.49 Å². The standard InChI is InChI=1S/C10H9BrFN3OS/c1-13-10-8(14-15-17-10)5-16-9-4-6(12)2-3-7(9)11/h2-4,13H,5H2,1H3. The number of hydrogen-bond donors (Lipinski definition) is 1. The van der Waals surface area contributed by atoms with Crippen molar-refractivity contribution in [2.45, 2.75) is 6.61 Å². The number of aromatic nitrogens is 2. The minimum absolute atomic E-state index is 0.245. The Bertz CT molecular complexity index is 520. The van der Waals surface area contributed by atoms with Crippen LogP contribution in [0.3, 0.4) is 0 Å². The fourth-order valence-electron chi connectivity index (χ4n) is 1.23. The van der Waals surface area contributed by atoms with E-state index in [9.17, 15) is 4.39 Å². The van der Waals surface area contributed by atoms with Gasteiger partial charge in [-0.2, -0.15) is 0 Å². The van der Waals surface area contributed by atoms with Gasteiger partial charge < -0.3 is 10.1 Å². The van der Waals surface area contributed by atoms with Crippen molar-refractivity contribution in [1.29, 1.82) is 0 Å². The van der Waals surface area contributed by atoms with E-state index in [1.54, 1.807) is 13.1 Å². The zero-order valence-electron chi connectivity index (χ0n) is 8.91. The molecule has 7 heteroatoms. The molecule has 0 aliphatic carbocycles. The van der Waals surface area contributed by atoms with Crippen LogP contribution >= 0.6 is 27.5 Å². The summed E-state index contributed by atoms with van der Waals surface area (Å²) in [7, 11) is 1.79. The molecule has 0 atom stereocenters. The molecule has 2 rings (SSSR count). The number of hydrogen-bond acceptors (Lipinski definition) is 5. The van der Waals surface area contributed by atoms with Crippen molar-refractivity contribution in [3.63, 3.8) is 0 Å². The highest BCUT2D eigenvalue weighted by Crippen LogP contribution is 2.27. The van der Waals surface area contributed by atoms with Gasteiger partial charge in [-0.25, -0.2) is 4.39 Å². The third-order valence-corrected chi connectivity index (χ3v) is 3.48. The maximum Gasteiger partial charge on any atom is 0.136 e. The second kappa shape index (κ2) is 5.42. The first-order valence-corrected chi connectivity index (χ1v) is 6.34. The molecule has 0 unspecified atom stereocenters. The van der Waals surface area contributed by atoms with E-state index in [-0.39, 0.29) is 12.4 Å². The molecular weight excluding hydrogens is 309 g/mol. The molecule has 1 N–H and O–H groups in total. The first-order chi connectivity index (χ1) is 8.20. The number of ether oxygens (including phenoxy) is 1. The van der Waals surface area contributed by atoms with Gasteiger partial charge in [0.25, 0.3) is 0 Å². The van der Waals surface area contributed by atoms with E-state index in [1.165, 1.54) is 23.7 Å². The normalized spacial score (nSPS) is 10.3. The SMILES string of the molecule is CNc1snnc1COc1cc(F)ccc1Br. The Labute approximate surface area is 110 Å². The highest BCUT2D eigenvalue weighted by molar-refractivity contribution is 9.10. The summed E-state index contributed by atoms with van der Waals surface area (Å²) in [6, 6.07) is 4.28. The van der Waals surface area contributed by atoms with E-state index in [0.717, 1.165) is 5.00 Å². The summed E-state index contributed by atoms with van der Waals surface area (Å²) in [6.07, 6.45) is 0. The third kappa shape index (κ3) is 2.92. The van der Waals surface area contributed by atoms with Gasteiger partial charge in [-0.15, -0.1) is 5.10 Å². The lowest BCUT2D eigenvalue weighted by Crippen LogP contribution is -2.00. The summed E-state index contributed by atoms with van der Waals surface area (Å²) < 4.78 is 23.0. The zero-order chi connectivity index (χ0) is 12.3. The predicted molar refractivity (Wildman–Crippen MR) is 67.9 cm³/mol. The predicted octanol–water partition coefficient (Wildman–Crippen LogP) is 3.06. The van der Waals surface area contributed by atoms with E-state index in [0.29, 0.717) is 15.9 Å². The average Bonchev–Trinajstić information content (AvgIpc) is 2.77. The highest BCUT2D eigenvalue weighted by atomic mass is 79.9. The van der Waals surface area contributed by atoms with Crippen molar-refractivity contribution < 1.29 is 9.13 Å². The Kier molecular flexibility index (Phi) is 3.90. The van der Waals surface area contributed by atoms with E-state index in [4.69, 9.17) is 4.74 Å². The van der Waals surface area contributed by atoms with Crippen LogP contribution < -0.4 is 10.1 Å². The lowest BCUT2D eigenvalue weighted by atomic mass is 10.3. The van der Waals surface area contributed by atoms with Crippen LogP contribution in [0.15, 0.2) is 22.7 Å². The molecule has 0 saturated carbocycles. The second-order valence-corrected chi connectivity index (χ2v) is 4.77. The largest absolute Gasteiger partial charge is 0.486 e. The first kappa shape index (κ1) is 12.3. The first-order valence-electron chi connectivity index (χ1n) is 4.77. The van der Waals surface area contributed by atoms with E-state index in [1.807, 2.05) is 0 Å². The second-order valence-electron chi connectivity index (χ2n) is 3.16. The molecule has 0 radical (unpaired) electrons. The van der Waals surface area contributed by atoms with Crippen LogP contribution in [-0.2, 0) is 6.61 Å². The number of benzene rings is 1. The highest BCUT2D eigenvalue weighted by Gasteiger charge is 2.09. The number of anilines is 1. The van der Waals surface area contributed by atoms with Crippen molar-refractivity contribution in [3.05, 3.63) is 34.2 Å². The van der Waals surface area contributed by atoms with Crippen LogP contribution in [0.4, 0.5) is 9.39 Å². The van der Waals surface area contributed by atoms with Gasteiger partial charge in [0.15, 0.2) is 0 Å². The summed E-state index contributed by atoms with van der Waals surface area (Å²) in [6.45, 7) is 0.245. The summed E-state index contributed by atoms with van der Waals surface area (Å²) in [5, 5.41) is 7.74. The molecule has 0 bridgehead atoms. The third-order valence-electron chi connectivity index (χ3n) is 2.04. The van der Waals surface area contributed by atoms with Gasteiger partial charge in [0.1, 0.15) is 28.9 Å². The molecule has 1 heterocycles. The summed E-state index contributed by atoms with van der Waals surface area (Å²) in [5.41, 5.74) is 0.702. The minimum Gasteiger partial charge on any atom is -0.486 e. The Morgan fingerprint density at radius 3 is 3.12 bits per heavy atom. The van der Waals surface area contributed by atoms with Gasteiger partial charge in [-0.3, -0.25) is 0 Å². The Morgan fingerprint density at radius 2 is 2.35 bits per heavy atom. The van der Waals surface area contributed by atoms with Crippen LogP contribution in [-0.4, -0.2) is 16.6 Å². The number of halogens is 2. The molecule has 17 heavy (non-hydrogen) atoms. The molecule has 0 fully saturated rings. The molecule has 90 valence electrons. The number of nitrogens with zero attached hydrogens (tertiary/aromatic N) is 2. The van der Waals surface area contributed by atoms with Crippen molar-refractivity contribution >= 4 is 32.5 Å². The summed E-state index contributed by atoms with van der Waals surface area (Å²) in [5.74, 6) is 0.105. The molecule has 0 aliphatic rings. The van der Waals surface area contributed by atoms with E-state index >= 15 is 0 Å². The van der Waals surface area contributed by atoms with Gasteiger partial charge in [0.05, 0.1) is 4.47 Å². The molecule has 1 aromatic carbocycles. The Hall–Kier alpha value is -1.21. The number of rotatable bonds is 4. The quantitative estimate of drug-likeness (QED) is 0.941. The van der Waals surface area contributed by atoms with Gasteiger partial charge >= 0.3 is 0 Å². The molecule has 4 nitrogen and oxygen atoms in total. The summed E-state index contributed by atoms with van der Waals surface area (Å²) in [4.78, 5) is 0. The van der Waals surface area contributed by atoms with Crippen molar-refractivity contribution in [2.75, 3.05) is 12.4 Å². The molecular formula is C10H9BrFN3OS. The van der Waals surface area contributed by atoms with E-state index < -0.39 is 0 Å². The topological polar surface area (TPSA) is 47.0 Å². The van der Waals surface area contributed by atoms with Gasteiger partial charge in [-0.05, 0) is 28.1 Å². The van der Waals surface area contributed by atoms with Crippen LogP contribution in [0, 0.1) is 5.82 Å². The molecule has 0 aliphatic heterocycles. The maximum atomic E-state index is 13.0. The van der Waals surface area contributed by atoms with Gasteiger partial charge in [0, 0.05) is 24.6 Å². The van der Waals surface area contributed by atoms with Crippen LogP contribution in [0.5, 0.6) is 5.75 Å². The van der Waals surface area contributed by atoms with Crippen LogP contribution in [0.1, 0.15) is 5.69 Å². The minimum atomic E-state index is -0.339. The molecule has 1 aromatic heterocycles. The van der Waals surface area contributed by atoms with Crippen molar-refractivity contribution in [1.82, 2.24) is 9.59 Å². The molecule has 2 aromatic rings. The Morgan fingerprint density at radius 1 is 1.53 bits per heavy atom. The molecule has 0 saturated heterocycles. The average molecular weight is 318 g/mol. The van der Waals surface area contributed by atoms with Crippen molar-refractivity contribution in [3.8, 4) is 5.75 Å². The maximum absolute atomic E-state index is 13.0.